The first-order chi connectivity index (χ1) is 13.1. The summed E-state index contributed by atoms with van der Waals surface area (Å²) in [5, 5.41) is 15.6. The molecule has 0 aliphatic rings. The number of nitrogens with zero attached hydrogens (tertiary/aromatic N) is 1. The number of amides is 1. The number of carbonyl (C=O) groups excluding carboxylic acids is 1. The van der Waals surface area contributed by atoms with Crippen LogP contribution in [0.25, 0.3) is 16.8 Å². The van der Waals surface area contributed by atoms with E-state index in [9.17, 15) is 14.9 Å². The minimum Gasteiger partial charge on any atom is -0.491 e. The molecule has 3 aromatic carbocycles. The molecule has 0 aliphatic carbocycles. The summed E-state index contributed by atoms with van der Waals surface area (Å²) < 4.78 is 5.76. The second kappa shape index (κ2) is 8.62. The summed E-state index contributed by atoms with van der Waals surface area (Å²) in [7, 11) is 0. The van der Waals surface area contributed by atoms with Gasteiger partial charge in [0, 0.05) is 23.6 Å². The third-order valence-corrected chi connectivity index (χ3v) is 3.92. The smallest absolute Gasteiger partial charge is 0.270 e. The first-order valence-corrected chi connectivity index (χ1v) is 8.44. The lowest BCUT2D eigenvalue weighted by Crippen LogP contribution is -2.26. The third-order valence-electron chi connectivity index (χ3n) is 3.92. The van der Waals surface area contributed by atoms with Gasteiger partial charge in [0.1, 0.15) is 12.4 Å². The van der Waals surface area contributed by atoms with Crippen molar-refractivity contribution in [1.29, 1.82) is 0 Å². The Morgan fingerprint density at radius 1 is 1.07 bits per heavy atom. The standard InChI is InChI=1S/C21H18N2O4/c24-21(12-11-16-5-3-8-18(15-16)23(25)26)22-13-14-27-20-10-4-7-17-6-1-2-9-19(17)20/h1-12,15H,13-14H2,(H,22,24)/b12-11+. The number of nitro benzene ring substituents is 1. The minimum atomic E-state index is -0.470. The van der Waals surface area contributed by atoms with Crippen molar-refractivity contribution in [2.75, 3.05) is 13.2 Å². The van der Waals surface area contributed by atoms with Gasteiger partial charge in [0.2, 0.25) is 5.91 Å². The van der Waals surface area contributed by atoms with E-state index in [1.165, 1.54) is 24.3 Å². The molecular formula is C21H18N2O4. The molecular weight excluding hydrogens is 344 g/mol. The maximum atomic E-state index is 11.9. The zero-order valence-corrected chi connectivity index (χ0v) is 14.5. The number of benzene rings is 3. The molecule has 0 atom stereocenters. The molecule has 3 aromatic rings. The van der Waals surface area contributed by atoms with Crippen molar-refractivity contribution in [1.82, 2.24) is 5.32 Å². The van der Waals surface area contributed by atoms with Crippen LogP contribution in [0.15, 0.2) is 72.8 Å². The highest BCUT2D eigenvalue weighted by Gasteiger charge is 2.04. The van der Waals surface area contributed by atoms with Crippen molar-refractivity contribution in [2.24, 2.45) is 0 Å². The number of fused-ring (bicyclic) bond motifs is 1. The van der Waals surface area contributed by atoms with Gasteiger partial charge in [-0.3, -0.25) is 14.9 Å². The van der Waals surface area contributed by atoms with Crippen molar-refractivity contribution in [3.63, 3.8) is 0 Å². The molecule has 1 N–H and O–H groups in total. The summed E-state index contributed by atoms with van der Waals surface area (Å²) in [5.41, 5.74) is 0.576. The van der Waals surface area contributed by atoms with Gasteiger partial charge in [-0.05, 0) is 23.1 Å². The van der Waals surface area contributed by atoms with Gasteiger partial charge in [-0.15, -0.1) is 0 Å². The molecule has 0 aromatic heterocycles. The Hall–Kier alpha value is -3.67. The van der Waals surface area contributed by atoms with Crippen molar-refractivity contribution in [2.45, 2.75) is 0 Å². The molecule has 3 rings (SSSR count). The SMILES string of the molecule is O=C(/C=C/c1cccc([N+](=O)[O-])c1)NCCOc1cccc2ccccc12. The molecule has 6 nitrogen and oxygen atoms in total. The Kier molecular flexibility index (Phi) is 5.79. The van der Waals surface area contributed by atoms with Gasteiger partial charge in [-0.25, -0.2) is 0 Å². The lowest BCUT2D eigenvalue weighted by molar-refractivity contribution is -0.384. The number of hydrogen-bond acceptors (Lipinski definition) is 4. The van der Waals surface area contributed by atoms with Crippen LogP contribution in [0, 0.1) is 10.1 Å². The van der Waals surface area contributed by atoms with E-state index in [2.05, 4.69) is 5.32 Å². The maximum absolute atomic E-state index is 11.9. The average molecular weight is 362 g/mol. The molecule has 0 unspecified atom stereocenters. The summed E-state index contributed by atoms with van der Waals surface area (Å²) in [5.74, 6) is 0.484. The highest BCUT2D eigenvalue weighted by Crippen LogP contribution is 2.24. The first kappa shape index (κ1) is 18.1. The predicted molar refractivity (Wildman–Crippen MR) is 105 cm³/mol. The van der Waals surface area contributed by atoms with Crippen LogP contribution >= 0.6 is 0 Å². The van der Waals surface area contributed by atoms with Crippen LogP contribution in [0.2, 0.25) is 0 Å². The zero-order valence-electron chi connectivity index (χ0n) is 14.5. The van der Waals surface area contributed by atoms with Crippen LogP contribution < -0.4 is 10.1 Å². The largest absolute Gasteiger partial charge is 0.491 e. The molecule has 27 heavy (non-hydrogen) atoms. The third kappa shape index (κ3) is 4.92. The number of hydrogen-bond donors (Lipinski definition) is 1. The van der Waals surface area contributed by atoms with Crippen molar-refractivity contribution in [3.8, 4) is 5.75 Å². The van der Waals surface area contributed by atoms with E-state index in [0.717, 1.165) is 16.5 Å². The van der Waals surface area contributed by atoms with Crippen LogP contribution in [0.4, 0.5) is 5.69 Å². The summed E-state index contributed by atoms with van der Waals surface area (Å²) >= 11 is 0. The highest BCUT2D eigenvalue weighted by molar-refractivity contribution is 5.91. The molecule has 0 spiro atoms. The van der Waals surface area contributed by atoms with Crippen LogP contribution in [-0.2, 0) is 4.79 Å². The Balaban J connectivity index is 1.49. The molecule has 0 fully saturated rings. The van der Waals surface area contributed by atoms with Gasteiger partial charge in [-0.1, -0.05) is 48.5 Å². The summed E-state index contributed by atoms with van der Waals surface area (Å²) in [6.45, 7) is 0.686. The number of nitrogens with one attached hydrogen (secondary N) is 1. The van der Waals surface area contributed by atoms with E-state index in [0.29, 0.717) is 18.7 Å². The van der Waals surface area contributed by atoms with E-state index in [1.54, 1.807) is 12.1 Å². The first-order valence-electron chi connectivity index (χ1n) is 8.44. The molecule has 6 heteroatoms. The number of carbonyl (C=O) groups is 1. The minimum absolute atomic E-state index is 0.0129. The van der Waals surface area contributed by atoms with Gasteiger partial charge in [0.05, 0.1) is 11.5 Å². The van der Waals surface area contributed by atoms with E-state index in [-0.39, 0.29) is 11.6 Å². The summed E-state index contributed by atoms with van der Waals surface area (Å²) in [4.78, 5) is 22.2. The monoisotopic (exact) mass is 362 g/mol. The maximum Gasteiger partial charge on any atom is 0.270 e. The topological polar surface area (TPSA) is 81.5 Å². The quantitative estimate of drug-likeness (QED) is 0.299. The fraction of sp³-hybridized carbons (Fsp3) is 0.0952. The van der Waals surface area contributed by atoms with Crippen molar-refractivity contribution in [3.05, 3.63) is 88.5 Å². The van der Waals surface area contributed by atoms with Crippen LogP contribution in [0.1, 0.15) is 5.56 Å². The zero-order chi connectivity index (χ0) is 19.1. The van der Waals surface area contributed by atoms with Gasteiger partial charge in [0.25, 0.3) is 5.69 Å². The van der Waals surface area contributed by atoms with Gasteiger partial charge < -0.3 is 10.1 Å². The van der Waals surface area contributed by atoms with Gasteiger partial charge >= 0.3 is 0 Å². The normalized spacial score (nSPS) is 10.8. The van der Waals surface area contributed by atoms with E-state index in [4.69, 9.17) is 4.74 Å². The fourth-order valence-corrected chi connectivity index (χ4v) is 2.63. The summed E-state index contributed by atoms with van der Waals surface area (Å²) in [6.07, 6.45) is 2.88. The second-order valence-corrected chi connectivity index (χ2v) is 5.80. The molecule has 0 aliphatic heterocycles. The Labute approximate surface area is 156 Å². The van der Waals surface area contributed by atoms with Gasteiger partial charge in [0.15, 0.2) is 0 Å². The second-order valence-electron chi connectivity index (χ2n) is 5.80. The van der Waals surface area contributed by atoms with Gasteiger partial charge in [-0.2, -0.15) is 0 Å². The van der Waals surface area contributed by atoms with E-state index >= 15 is 0 Å². The number of nitro groups is 1. The number of rotatable bonds is 7. The average Bonchev–Trinajstić information content (AvgIpc) is 2.70. The predicted octanol–water partition coefficient (Wildman–Crippen LogP) is 3.96. The molecule has 0 radical (unpaired) electrons. The van der Waals surface area contributed by atoms with Crippen LogP contribution in [0.3, 0.4) is 0 Å². The molecule has 1 amide bonds. The number of non-ortho nitro benzene ring substituents is 1. The van der Waals surface area contributed by atoms with Crippen molar-refractivity contribution < 1.29 is 14.5 Å². The molecule has 0 saturated heterocycles. The fourth-order valence-electron chi connectivity index (χ4n) is 2.63. The highest BCUT2D eigenvalue weighted by atomic mass is 16.6. The van der Waals surface area contributed by atoms with E-state index < -0.39 is 4.92 Å². The van der Waals surface area contributed by atoms with Crippen LogP contribution in [-0.4, -0.2) is 24.0 Å². The molecule has 0 bridgehead atoms. The molecule has 136 valence electrons. The van der Waals surface area contributed by atoms with E-state index in [1.807, 2.05) is 42.5 Å². The Morgan fingerprint density at radius 3 is 2.70 bits per heavy atom. The Bertz CT molecular complexity index is 993. The van der Waals surface area contributed by atoms with Crippen LogP contribution in [0.5, 0.6) is 5.75 Å². The lowest BCUT2D eigenvalue weighted by Gasteiger charge is -2.09. The Morgan fingerprint density at radius 2 is 1.85 bits per heavy atom. The number of ether oxygens (including phenoxy) is 1. The van der Waals surface area contributed by atoms with Crippen molar-refractivity contribution >= 4 is 28.4 Å². The molecule has 0 heterocycles. The lowest BCUT2D eigenvalue weighted by atomic mass is 10.1. The molecule has 0 saturated carbocycles. The summed E-state index contributed by atoms with van der Waals surface area (Å²) in [6, 6.07) is 19.9.